The molecule has 0 unspecified atom stereocenters. The Labute approximate surface area is 122 Å². The molecule has 0 atom stereocenters. The molecule has 1 saturated carbocycles. The molecule has 0 aliphatic heterocycles. The van der Waals surface area contributed by atoms with Gasteiger partial charge < -0.3 is 10.3 Å². The van der Waals surface area contributed by atoms with Crippen LogP contribution in [0, 0.1) is 0 Å². The molecule has 20 heavy (non-hydrogen) atoms. The van der Waals surface area contributed by atoms with Gasteiger partial charge in [0.15, 0.2) is 0 Å². The van der Waals surface area contributed by atoms with Crippen molar-refractivity contribution in [1.29, 1.82) is 0 Å². The molecule has 2 N–H and O–H groups in total. The van der Waals surface area contributed by atoms with E-state index in [0.29, 0.717) is 29.9 Å². The number of halogens is 1. The van der Waals surface area contributed by atoms with Crippen LogP contribution in [0.1, 0.15) is 29.9 Å². The molecule has 0 bridgehead atoms. The Morgan fingerprint density at radius 2 is 2.05 bits per heavy atom. The number of hydrogen-bond donors (Lipinski definition) is 2. The van der Waals surface area contributed by atoms with E-state index in [1.807, 2.05) is 24.3 Å². The van der Waals surface area contributed by atoms with Gasteiger partial charge >= 0.3 is 0 Å². The summed E-state index contributed by atoms with van der Waals surface area (Å²) in [6, 6.07) is 9.73. The average molecular weight is 290 g/mol. The van der Waals surface area contributed by atoms with Gasteiger partial charge in [-0.2, -0.15) is 0 Å². The van der Waals surface area contributed by atoms with Crippen LogP contribution in [-0.2, 0) is 13.0 Å². The van der Waals surface area contributed by atoms with Crippen molar-refractivity contribution in [2.75, 3.05) is 0 Å². The molecule has 0 amide bonds. The van der Waals surface area contributed by atoms with E-state index < -0.39 is 0 Å². The van der Waals surface area contributed by atoms with Crippen LogP contribution in [0.2, 0.25) is 5.02 Å². The summed E-state index contributed by atoms with van der Waals surface area (Å²) in [4.78, 5) is 19.0. The molecule has 1 aliphatic carbocycles. The Morgan fingerprint density at radius 3 is 2.75 bits per heavy atom. The lowest BCUT2D eigenvalue weighted by Crippen LogP contribution is -2.20. The smallest absolute Gasteiger partial charge is 0.251 e. The Hall–Kier alpha value is -1.65. The maximum absolute atomic E-state index is 11.7. The normalized spacial score (nSPS) is 14.4. The van der Waals surface area contributed by atoms with Crippen LogP contribution in [0.25, 0.3) is 0 Å². The third-order valence-corrected chi connectivity index (χ3v) is 3.53. The molecule has 5 heteroatoms. The summed E-state index contributed by atoms with van der Waals surface area (Å²) >= 11 is 5.86. The summed E-state index contributed by atoms with van der Waals surface area (Å²) in [5, 5.41) is 4.07. The molecule has 104 valence electrons. The SMILES string of the molecule is O=c1cc(CNC2CC2)nc(Cc2ccc(Cl)cc2)[nH]1. The van der Waals surface area contributed by atoms with E-state index in [1.54, 1.807) is 6.07 Å². The molecule has 0 radical (unpaired) electrons. The van der Waals surface area contributed by atoms with Crippen LogP contribution < -0.4 is 10.9 Å². The summed E-state index contributed by atoms with van der Waals surface area (Å²) in [5.74, 6) is 0.687. The molecule has 1 aromatic carbocycles. The molecule has 1 aliphatic rings. The molecular formula is C15H16ClN3O. The molecular weight excluding hydrogens is 274 g/mol. The second-order valence-electron chi connectivity index (χ2n) is 5.14. The maximum Gasteiger partial charge on any atom is 0.251 e. The maximum atomic E-state index is 11.7. The minimum absolute atomic E-state index is 0.100. The number of rotatable bonds is 5. The topological polar surface area (TPSA) is 57.8 Å². The van der Waals surface area contributed by atoms with E-state index >= 15 is 0 Å². The number of aromatic amines is 1. The highest BCUT2D eigenvalue weighted by molar-refractivity contribution is 6.30. The van der Waals surface area contributed by atoms with Crippen LogP contribution >= 0.6 is 11.6 Å². The molecule has 2 aromatic rings. The van der Waals surface area contributed by atoms with Crippen molar-refractivity contribution in [2.24, 2.45) is 0 Å². The van der Waals surface area contributed by atoms with Gasteiger partial charge in [-0.1, -0.05) is 23.7 Å². The Bertz CT molecular complexity index is 647. The van der Waals surface area contributed by atoms with E-state index in [1.165, 1.54) is 12.8 Å². The zero-order valence-electron chi connectivity index (χ0n) is 11.0. The van der Waals surface area contributed by atoms with Crippen LogP contribution in [-0.4, -0.2) is 16.0 Å². The monoisotopic (exact) mass is 289 g/mol. The standard InChI is InChI=1S/C15H16ClN3O/c16-11-3-1-10(2-4-11)7-14-18-13(8-15(20)19-14)9-17-12-5-6-12/h1-4,8,12,17H,5-7,9H2,(H,18,19,20). The van der Waals surface area contributed by atoms with Crippen LogP contribution in [0.15, 0.2) is 35.1 Å². The Morgan fingerprint density at radius 1 is 1.30 bits per heavy atom. The first kappa shape index (κ1) is 13.3. The number of H-pyrrole nitrogens is 1. The highest BCUT2D eigenvalue weighted by Crippen LogP contribution is 2.19. The zero-order chi connectivity index (χ0) is 13.9. The number of hydrogen-bond acceptors (Lipinski definition) is 3. The van der Waals surface area contributed by atoms with Gasteiger partial charge in [0.25, 0.3) is 5.56 Å². The number of aromatic nitrogens is 2. The predicted molar refractivity (Wildman–Crippen MR) is 79.0 cm³/mol. The molecule has 0 spiro atoms. The molecule has 1 aromatic heterocycles. The number of benzene rings is 1. The van der Waals surface area contributed by atoms with Crippen molar-refractivity contribution >= 4 is 11.6 Å². The third kappa shape index (κ3) is 3.68. The highest BCUT2D eigenvalue weighted by Gasteiger charge is 2.20. The van der Waals surface area contributed by atoms with Gasteiger partial charge in [0.2, 0.25) is 0 Å². The summed E-state index contributed by atoms with van der Waals surface area (Å²) in [6.07, 6.45) is 3.05. The largest absolute Gasteiger partial charge is 0.310 e. The lowest BCUT2D eigenvalue weighted by atomic mass is 10.1. The van der Waals surface area contributed by atoms with Crippen molar-refractivity contribution in [3.63, 3.8) is 0 Å². The Kier molecular flexibility index (Phi) is 3.85. The summed E-state index contributed by atoms with van der Waals surface area (Å²) in [5.41, 5.74) is 1.77. The van der Waals surface area contributed by atoms with Crippen molar-refractivity contribution in [3.8, 4) is 0 Å². The first-order valence-electron chi connectivity index (χ1n) is 6.76. The van der Waals surface area contributed by atoms with Crippen molar-refractivity contribution in [2.45, 2.75) is 31.8 Å². The fourth-order valence-corrected chi connectivity index (χ4v) is 2.20. The molecule has 3 rings (SSSR count). The van der Waals surface area contributed by atoms with Crippen LogP contribution in [0.4, 0.5) is 0 Å². The van der Waals surface area contributed by atoms with Crippen LogP contribution in [0.3, 0.4) is 0 Å². The summed E-state index contributed by atoms with van der Waals surface area (Å²) < 4.78 is 0. The second-order valence-corrected chi connectivity index (χ2v) is 5.58. The summed E-state index contributed by atoms with van der Waals surface area (Å²) in [6.45, 7) is 0.655. The van der Waals surface area contributed by atoms with E-state index in [2.05, 4.69) is 15.3 Å². The molecule has 1 fully saturated rings. The van der Waals surface area contributed by atoms with E-state index in [-0.39, 0.29) is 5.56 Å². The van der Waals surface area contributed by atoms with Gasteiger partial charge in [0.05, 0.1) is 5.69 Å². The van der Waals surface area contributed by atoms with E-state index in [9.17, 15) is 4.79 Å². The lowest BCUT2D eigenvalue weighted by Gasteiger charge is -2.05. The average Bonchev–Trinajstić information content (AvgIpc) is 3.23. The quantitative estimate of drug-likeness (QED) is 0.888. The highest BCUT2D eigenvalue weighted by atomic mass is 35.5. The predicted octanol–water partition coefficient (Wildman–Crippen LogP) is 2.27. The van der Waals surface area contributed by atoms with Crippen molar-refractivity contribution in [1.82, 2.24) is 15.3 Å². The molecule has 0 saturated heterocycles. The van der Waals surface area contributed by atoms with E-state index in [0.717, 1.165) is 11.3 Å². The minimum Gasteiger partial charge on any atom is -0.310 e. The fourth-order valence-electron chi connectivity index (χ4n) is 2.07. The van der Waals surface area contributed by atoms with Crippen molar-refractivity contribution < 1.29 is 0 Å². The first-order chi connectivity index (χ1) is 9.69. The van der Waals surface area contributed by atoms with Gasteiger partial charge in [0, 0.05) is 30.1 Å². The molecule has 4 nitrogen and oxygen atoms in total. The second kappa shape index (κ2) is 5.77. The van der Waals surface area contributed by atoms with Gasteiger partial charge in [-0.3, -0.25) is 4.79 Å². The first-order valence-corrected chi connectivity index (χ1v) is 7.14. The third-order valence-electron chi connectivity index (χ3n) is 3.28. The van der Waals surface area contributed by atoms with Crippen molar-refractivity contribution in [3.05, 3.63) is 62.8 Å². The lowest BCUT2D eigenvalue weighted by molar-refractivity contribution is 0.667. The van der Waals surface area contributed by atoms with Crippen LogP contribution in [0.5, 0.6) is 0 Å². The summed E-state index contributed by atoms with van der Waals surface area (Å²) in [7, 11) is 0. The van der Waals surface area contributed by atoms with Gasteiger partial charge in [-0.05, 0) is 30.5 Å². The fraction of sp³-hybridized carbons (Fsp3) is 0.333. The molecule has 1 heterocycles. The zero-order valence-corrected chi connectivity index (χ0v) is 11.8. The van der Waals surface area contributed by atoms with Gasteiger partial charge in [0.1, 0.15) is 5.82 Å². The van der Waals surface area contributed by atoms with E-state index in [4.69, 9.17) is 11.6 Å². The Balaban J connectivity index is 1.74. The number of nitrogens with zero attached hydrogens (tertiary/aromatic N) is 1. The number of nitrogens with one attached hydrogen (secondary N) is 2. The van der Waals surface area contributed by atoms with Gasteiger partial charge in [-0.25, -0.2) is 4.98 Å². The van der Waals surface area contributed by atoms with Gasteiger partial charge in [-0.15, -0.1) is 0 Å². The minimum atomic E-state index is -0.100.